The van der Waals surface area contributed by atoms with Crippen molar-refractivity contribution in [3.05, 3.63) is 36.3 Å². The van der Waals surface area contributed by atoms with Crippen LogP contribution in [0.1, 0.15) is 5.56 Å². The lowest BCUT2D eigenvalue weighted by Crippen LogP contribution is -2.30. The SMILES string of the molecule is Cn1cnc(S(=O)(=O)N2CCc3cccc(N)c32)c1. The molecule has 2 heterocycles. The fourth-order valence-electron chi connectivity index (χ4n) is 2.33. The van der Waals surface area contributed by atoms with Gasteiger partial charge in [-0.05, 0) is 18.1 Å². The molecular weight excluding hydrogens is 264 g/mol. The maximum atomic E-state index is 12.6. The van der Waals surface area contributed by atoms with E-state index in [1.54, 1.807) is 17.7 Å². The van der Waals surface area contributed by atoms with Gasteiger partial charge in [0.25, 0.3) is 10.0 Å². The van der Waals surface area contributed by atoms with Gasteiger partial charge >= 0.3 is 0 Å². The van der Waals surface area contributed by atoms with Crippen LogP contribution >= 0.6 is 0 Å². The van der Waals surface area contributed by atoms with Crippen molar-refractivity contribution in [2.75, 3.05) is 16.6 Å². The minimum Gasteiger partial charge on any atom is -0.397 e. The monoisotopic (exact) mass is 278 g/mol. The molecule has 6 nitrogen and oxygen atoms in total. The first-order valence-electron chi connectivity index (χ1n) is 5.88. The Balaban J connectivity index is 2.11. The number of hydrogen-bond acceptors (Lipinski definition) is 4. The molecule has 1 aromatic carbocycles. The van der Waals surface area contributed by atoms with Crippen molar-refractivity contribution >= 4 is 21.4 Å². The van der Waals surface area contributed by atoms with Gasteiger partial charge in [0.1, 0.15) is 0 Å². The van der Waals surface area contributed by atoms with Gasteiger partial charge in [0.05, 0.1) is 17.7 Å². The number of sulfonamides is 1. The molecule has 0 saturated heterocycles. The zero-order chi connectivity index (χ0) is 13.6. The predicted octanol–water partition coefficient (Wildman–Crippen LogP) is 0.754. The van der Waals surface area contributed by atoms with E-state index in [0.717, 1.165) is 5.56 Å². The molecule has 0 unspecified atom stereocenters. The number of para-hydroxylation sites is 1. The third-order valence-corrected chi connectivity index (χ3v) is 4.90. The quantitative estimate of drug-likeness (QED) is 0.822. The molecule has 2 N–H and O–H groups in total. The number of anilines is 2. The molecule has 1 aliphatic heterocycles. The molecule has 0 atom stereocenters. The molecule has 0 aliphatic carbocycles. The first-order chi connectivity index (χ1) is 9.00. The van der Waals surface area contributed by atoms with E-state index in [0.29, 0.717) is 24.3 Å². The van der Waals surface area contributed by atoms with Crippen LogP contribution < -0.4 is 10.0 Å². The van der Waals surface area contributed by atoms with Crippen molar-refractivity contribution in [2.45, 2.75) is 11.4 Å². The molecule has 19 heavy (non-hydrogen) atoms. The minimum atomic E-state index is -3.63. The smallest absolute Gasteiger partial charge is 0.283 e. The summed E-state index contributed by atoms with van der Waals surface area (Å²) in [6, 6.07) is 5.45. The summed E-state index contributed by atoms with van der Waals surface area (Å²) >= 11 is 0. The highest BCUT2D eigenvalue weighted by Gasteiger charge is 2.33. The summed E-state index contributed by atoms with van der Waals surface area (Å²) in [5.74, 6) is 0. The Hall–Kier alpha value is -2.02. The number of benzene rings is 1. The van der Waals surface area contributed by atoms with Crippen LogP contribution in [0.5, 0.6) is 0 Å². The minimum absolute atomic E-state index is 0.0473. The Morgan fingerprint density at radius 1 is 1.37 bits per heavy atom. The van der Waals surface area contributed by atoms with Crippen LogP contribution in [0.4, 0.5) is 11.4 Å². The summed E-state index contributed by atoms with van der Waals surface area (Å²) in [5, 5.41) is 0.0473. The normalized spacial score (nSPS) is 14.7. The van der Waals surface area contributed by atoms with Crippen molar-refractivity contribution in [3.8, 4) is 0 Å². The lowest BCUT2D eigenvalue weighted by molar-refractivity contribution is 0.589. The maximum absolute atomic E-state index is 12.6. The van der Waals surface area contributed by atoms with Gasteiger partial charge in [-0.25, -0.2) is 4.98 Å². The number of aromatic nitrogens is 2. The number of nitrogens with zero attached hydrogens (tertiary/aromatic N) is 3. The van der Waals surface area contributed by atoms with Crippen LogP contribution in [0.15, 0.2) is 35.7 Å². The van der Waals surface area contributed by atoms with Gasteiger partial charge in [-0.15, -0.1) is 0 Å². The molecule has 0 spiro atoms. The Morgan fingerprint density at radius 2 is 2.16 bits per heavy atom. The summed E-state index contributed by atoms with van der Waals surface area (Å²) in [6.45, 7) is 0.405. The second kappa shape index (κ2) is 3.99. The van der Waals surface area contributed by atoms with E-state index in [1.807, 2.05) is 12.1 Å². The van der Waals surface area contributed by atoms with Gasteiger partial charge in [0, 0.05) is 19.8 Å². The third-order valence-electron chi connectivity index (χ3n) is 3.22. The van der Waals surface area contributed by atoms with Crippen molar-refractivity contribution in [1.82, 2.24) is 9.55 Å². The molecule has 100 valence electrons. The second-order valence-corrected chi connectivity index (χ2v) is 6.37. The van der Waals surface area contributed by atoms with E-state index < -0.39 is 10.0 Å². The average molecular weight is 278 g/mol. The lowest BCUT2D eigenvalue weighted by atomic mass is 10.1. The molecule has 7 heteroatoms. The van der Waals surface area contributed by atoms with Crippen molar-refractivity contribution in [1.29, 1.82) is 0 Å². The molecule has 1 aromatic heterocycles. The van der Waals surface area contributed by atoms with Crippen LogP contribution in [-0.2, 0) is 23.5 Å². The van der Waals surface area contributed by atoms with E-state index in [9.17, 15) is 8.42 Å². The topological polar surface area (TPSA) is 81.2 Å². The number of fused-ring (bicyclic) bond motifs is 1. The van der Waals surface area contributed by atoms with Crippen molar-refractivity contribution in [2.24, 2.45) is 7.05 Å². The van der Waals surface area contributed by atoms with Crippen LogP contribution in [0.3, 0.4) is 0 Å². The van der Waals surface area contributed by atoms with Crippen LogP contribution in [-0.4, -0.2) is 24.5 Å². The molecule has 2 aromatic rings. The number of hydrogen-bond donors (Lipinski definition) is 1. The fraction of sp³-hybridized carbons (Fsp3) is 0.250. The van der Waals surface area contributed by atoms with E-state index in [1.165, 1.54) is 16.8 Å². The zero-order valence-corrected chi connectivity index (χ0v) is 11.3. The first-order valence-corrected chi connectivity index (χ1v) is 7.32. The van der Waals surface area contributed by atoms with Crippen LogP contribution in [0.25, 0.3) is 0 Å². The number of imidazole rings is 1. The molecule has 1 aliphatic rings. The summed E-state index contributed by atoms with van der Waals surface area (Å²) in [5.41, 5.74) is 7.94. The van der Waals surface area contributed by atoms with E-state index in [-0.39, 0.29) is 5.03 Å². The Morgan fingerprint density at radius 3 is 2.84 bits per heavy atom. The molecule has 0 bridgehead atoms. The summed E-state index contributed by atoms with van der Waals surface area (Å²) in [4.78, 5) is 3.93. The largest absolute Gasteiger partial charge is 0.397 e. The van der Waals surface area contributed by atoms with Crippen molar-refractivity contribution < 1.29 is 8.42 Å². The van der Waals surface area contributed by atoms with Gasteiger partial charge in [-0.3, -0.25) is 4.31 Å². The average Bonchev–Trinajstić information content (AvgIpc) is 2.96. The highest BCUT2D eigenvalue weighted by atomic mass is 32.2. The maximum Gasteiger partial charge on any atom is 0.283 e. The van der Waals surface area contributed by atoms with Gasteiger partial charge in [-0.1, -0.05) is 12.1 Å². The van der Waals surface area contributed by atoms with E-state index in [4.69, 9.17) is 5.73 Å². The summed E-state index contributed by atoms with van der Waals surface area (Å²) in [7, 11) is -1.90. The second-order valence-electron chi connectivity index (χ2n) is 4.56. The molecule has 3 rings (SSSR count). The zero-order valence-electron chi connectivity index (χ0n) is 10.4. The number of nitrogen functional groups attached to an aromatic ring is 1. The predicted molar refractivity (Wildman–Crippen MR) is 72.3 cm³/mol. The van der Waals surface area contributed by atoms with E-state index in [2.05, 4.69) is 4.98 Å². The number of aryl methyl sites for hydroxylation is 1. The number of rotatable bonds is 2. The fourth-order valence-corrected chi connectivity index (χ4v) is 3.83. The van der Waals surface area contributed by atoms with Gasteiger partial charge in [0.2, 0.25) is 0 Å². The first kappa shape index (κ1) is 12.0. The molecule has 0 amide bonds. The van der Waals surface area contributed by atoms with Gasteiger partial charge < -0.3 is 10.3 Å². The highest BCUT2D eigenvalue weighted by Crippen LogP contribution is 2.36. The van der Waals surface area contributed by atoms with Crippen LogP contribution in [0.2, 0.25) is 0 Å². The summed E-state index contributed by atoms with van der Waals surface area (Å²) in [6.07, 6.45) is 3.64. The van der Waals surface area contributed by atoms with Crippen molar-refractivity contribution in [3.63, 3.8) is 0 Å². The van der Waals surface area contributed by atoms with Gasteiger partial charge in [0.15, 0.2) is 5.03 Å². The number of nitrogens with two attached hydrogens (primary N) is 1. The Bertz CT molecular complexity index is 736. The molecule has 0 radical (unpaired) electrons. The molecule has 0 fully saturated rings. The van der Waals surface area contributed by atoms with E-state index >= 15 is 0 Å². The van der Waals surface area contributed by atoms with Crippen LogP contribution in [0, 0.1) is 0 Å². The Kier molecular flexibility index (Phi) is 2.53. The standard InChI is InChI=1S/C12H14N4O2S/c1-15-7-11(14-8-15)19(17,18)16-6-5-9-3-2-4-10(13)12(9)16/h2-4,7-8H,5-6,13H2,1H3. The molecule has 0 saturated carbocycles. The summed E-state index contributed by atoms with van der Waals surface area (Å²) < 4.78 is 28.1. The third kappa shape index (κ3) is 1.77. The van der Waals surface area contributed by atoms with Gasteiger partial charge in [-0.2, -0.15) is 8.42 Å². The lowest BCUT2D eigenvalue weighted by Gasteiger charge is -2.19. The highest BCUT2D eigenvalue weighted by molar-refractivity contribution is 7.92. The Labute approximate surface area is 111 Å². The molecular formula is C12H14N4O2S.